The van der Waals surface area contributed by atoms with Gasteiger partial charge >= 0.3 is 0 Å². The number of benzene rings is 2. The minimum Gasteiger partial charge on any atom is -0.388 e. The van der Waals surface area contributed by atoms with E-state index in [4.69, 9.17) is 0 Å². The van der Waals surface area contributed by atoms with Crippen LogP contribution < -0.4 is 0 Å². The van der Waals surface area contributed by atoms with Crippen molar-refractivity contribution in [1.82, 2.24) is 0 Å². The van der Waals surface area contributed by atoms with Gasteiger partial charge in [0.2, 0.25) is 0 Å². The van der Waals surface area contributed by atoms with Gasteiger partial charge in [0.05, 0.1) is 6.10 Å². The lowest BCUT2D eigenvalue weighted by Gasteiger charge is -2.08. The van der Waals surface area contributed by atoms with Crippen LogP contribution in [0.25, 0.3) is 6.08 Å². The van der Waals surface area contributed by atoms with Crippen molar-refractivity contribution in [3.8, 4) is 0 Å². The molecule has 2 aromatic carbocycles. The minimum absolute atomic E-state index is 0.0815. The van der Waals surface area contributed by atoms with Crippen LogP contribution in [0.1, 0.15) is 29.2 Å². The summed E-state index contributed by atoms with van der Waals surface area (Å²) in [6.07, 6.45) is 2.66. The highest BCUT2D eigenvalue weighted by Crippen LogP contribution is 2.16. The summed E-state index contributed by atoms with van der Waals surface area (Å²) < 4.78 is 0. The van der Waals surface area contributed by atoms with E-state index in [0.29, 0.717) is 0 Å². The van der Waals surface area contributed by atoms with Crippen molar-refractivity contribution in [1.29, 1.82) is 0 Å². The van der Waals surface area contributed by atoms with Crippen molar-refractivity contribution < 1.29 is 9.90 Å². The quantitative estimate of drug-likeness (QED) is 0.838. The molecule has 102 valence electrons. The number of aryl methyl sites for hydroxylation is 1. The summed E-state index contributed by atoms with van der Waals surface area (Å²) in [6.45, 7) is 2.02. The monoisotopic (exact) mass is 266 g/mol. The van der Waals surface area contributed by atoms with Gasteiger partial charge in [0.15, 0.2) is 5.78 Å². The van der Waals surface area contributed by atoms with Crippen molar-refractivity contribution in [2.24, 2.45) is 0 Å². The fraction of sp³-hybridized carbons (Fsp3) is 0.167. The van der Waals surface area contributed by atoms with Gasteiger partial charge < -0.3 is 5.11 Å². The Labute approximate surface area is 119 Å². The summed E-state index contributed by atoms with van der Waals surface area (Å²) in [6, 6.07) is 17.2. The van der Waals surface area contributed by atoms with E-state index in [1.807, 2.05) is 61.5 Å². The number of aliphatic hydroxyl groups is 1. The van der Waals surface area contributed by atoms with E-state index in [1.165, 1.54) is 11.6 Å². The number of hydrogen-bond acceptors (Lipinski definition) is 2. The summed E-state index contributed by atoms with van der Waals surface area (Å²) in [7, 11) is 0. The zero-order valence-electron chi connectivity index (χ0n) is 11.5. The van der Waals surface area contributed by atoms with E-state index in [1.54, 1.807) is 6.08 Å². The normalized spacial score (nSPS) is 12.5. The van der Waals surface area contributed by atoms with Crippen LogP contribution in [0.5, 0.6) is 0 Å². The van der Waals surface area contributed by atoms with Gasteiger partial charge in [0, 0.05) is 6.42 Å². The average Bonchev–Trinajstić information content (AvgIpc) is 2.47. The zero-order valence-corrected chi connectivity index (χ0v) is 11.5. The third-order valence-corrected chi connectivity index (χ3v) is 3.12. The molecule has 0 bridgehead atoms. The van der Waals surface area contributed by atoms with Gasteiger partial charge in [0.25, 0.3) is 0 Å². The Hall–Kier alpha value is -2.19. The summed E-state index contributed by atoms with van der Waals surface area (Å²) in [5, 5.41) is 9.97. The van der Waals surface area contributed by atoms with Crippen LogP contribution >= 0.6 is 0 Å². The number of aliphatic hydroxyl groups excluding tert-OH is 1. The number of hydrogen-bond donors (Lipinski definition) is 1. The topological polar surface area (TPSA) is 37.3 Å². The maximum Gasteiger partial charge on any atom is 0.158 e. The Morgan fingerprint density at radius 3 is 2.40 bits per heavy atom. The maximum atomic E-state index is 11.8. The Morgan fingerprint density at radius 1 is 1.10 bits per heavy atom. The summed E-state index contributed by atoms with van der Waals surface area (Å²) in [4.78, 5) is 11.8. The average molecular weight is 266 g/mol. The molecular weight excluding hydrogens is 248 g/mol. The maximum absolute atomic E-state index is 11.8. The van der Waals surface area contributed by atoms with Crippen molar-refractivity contribution >= 4 is 11.9 Å². The third-order valence-electron chi connectivity index (χ3n) is 3.12. The molecule has 0 aliphatic carbocycles. The fourth-order valence-electron chi connectivity index (χ4n) is 1.92. The van der Waals surface area contributed by atoms with Crippen LogP contribution in [0.15, 0.2) is 60.7 Å². The molecule has 0 amide bonds. The smallest absolute Gasteiger partial charge is 0.158 e. The van der Waals surface area contributed by atoms with Gasteiger partial charge in [-0.15, -0.1) is 0 Å². The Morgan fingerprint density at radius 2 is 1.75 bits per heavy atom. The van der Waals surface area contributed by atoms with Crippen molar-refractivity contribution in [2.45, 2.75) is 19.4 Å². The molecule has 0 aliphatic heterocycles. The second-order valence-electron chi connectivity index (χ2n) is 4.84. The summed E-state index contributed by atoms with van der Waals surface area (Å²) in [5.74, 6) is -0.0815. The first-order valence-electron chi connectivity index (χ1n) is 6.66. The standard InChI is InChI=1S/C18H18O2/c1-14-7-9-15(10-8-14)11-12-17(19)13-18(20)16-5-3-2-4-6-16/h2-12,18,20H,13H2,1H3/b12-11+. The summed E-state index contributed by atoms with van der Waals surface area (Å²) >= 11 is 0. The van der Waals surface area contributed by atoms with Crippen molar-refractivity contribution in [3.63, 3.8) is 0 Å². The zero-order chi connectivity index (χ0) is 14.4. The summed E-state index contributed by atoms with van der Waals surface area (Å²) in [5.41, 5.74) is 2.94. The first-order valence-corrected chi connectivity index (χ1v) is 6.66. The van der Waals surface area contributed by atoms with Crippen molar-refractivity contribution in [3.05, 3.63) is 77.4 Å². The largest absolute Gasteiger partial charge is 0.388 e. The van der Waals surface area contributed by atoms with E-state index in [9.17, 15) is 9.90 Å². The molecule has 0 aliphatic rings. The molecule has 20 heavy (non-hydrogen) atoms. The van der Waals surface area contributed by atoms with Gasteiger partial charge in [-0.25, -0.2) is 0 Å². The first-order chi connectivity index (χ1) is 9.65. The van der Waals surface area contributed by atoms with Crippen LogP contribution in [0.4, 0.5) is 0 Å². The van der Waals surface area contributed by atoms with Gasteiger partial charge in [-0.05, 0) is 24.1 Å². The highest BCUT2D eigenvalue weighted by atomic mass is 16.3. The van der Waals surface area contributed by atoms with Crippen LogP contribution in [-0.2, 0) is 4.79 Å². The van der Waals surface area contributed by atoms with E-state index in [0.717, 1.165) is 11.1 Å². The van der Waals surface area contributed by atoms with E-state index in [-0.39, 0.29) is 12.2 Å². The molecule has 1 N–H and O–H groups in total. The second kappa shape index (κ2) is 6.83. The molecule has 1 atom stereocenters. The Kier molecular flexibility index (Phi) is 4.85. The lowest BCUT2D eigenvalue weighted by Crippen LogP contribution is -2.03. The number of carbonyl (C=O) groups excluding carboxylic acids is 1. The minimum atomic E-state index is -0.744. The second-order valence-corrected chi connectivity index (χ2v) is 4.84. The van der Waals surface area contributed by atoms with E-state index in [2.05, 4.69) is 0 Å². The fourth-order valence-corrected chi connectivity index (χ4v) is 1.92. The number of allylic oxidation sites excluding steroid dienone is 1. The molecule has 0 aromatic heterocycles. The molecule has 2 heteroatoms. The van der Waals surface area contributed by atoms with Gasteiger partial charge in [0.1, 0.15) is 0 Å². The van der Waals surface area contributed by atoms with Crippen LogP contribution in [0, 0.1) is 6.92 Å². The van der Waals surface area contributed by atoms with Crippen LogP contribution in [0.3, 0.4) is 0 Å². The molecule has 0 fully saturated rings. The molecule has 0 radical (unpaired) electrons. The molecule has 0 saturated carbocycles. The number of rotatable bonds is 5. The highest BCUT2D eigenvalue weighted by Gasteiger charge is 2.10. The van der Waals surface area contributed by atoms with E-state index >= 15 is 0 Å². The lowest BCUT2D eigenvalue weighted by atomic mass is 10.0. The molecule has 0 spiro atoms. The van der Waals surface area contributed by atoms with Crippen LogP contribution in [-0.4, -0.2) is 10.9 Å². The predicted molar refractivity (Wildman–Crippen MR) is 81.2 cm³/mol. The molecule has 0 saturated heterocycles. The Bertz CT molecular complexity index is 583. The molecule has 2 rings (SSSR count). The third kappa shape index (κ3) is 4.18. The lowest BCUT2D eigenvalue weighted by molar-refractivity contribution is -0.116. The number of ketones is 1. The van der Waals surface area contributed by atoms with Crippen LogP contribution in [0.2, 0.25) is 0 Å². The molecule has 1 unspecified atom stereocenters. The van der Waals surface area contributed by atoms with E-state index < -0.39 is 6.10 Å². The van der Waals surface area contributed by atoms with Crippen molar-refractivity contribution in [2.75, 3.05) is 0 Å². The SMILES string of the molecule is Cc1ccc(/C=C/C(=O)CC(O)c2ccccc2)cc1. The molecule has 2 aromatic rings. The first kappa shape index (κ1) is 14.2. The van der Waals surface area contributed by atoms with Gasteiger partial charge in [-0.3, -0.25) is 4.79 Å². The molecule has 2 nitrogen and oxygen atoms in total. The molecule has 0 heterocycles. The van der Waals surface area contributed by atoms with Gasteiger partial charge in [-0.1, -0.05) is 66.2 Å². The highest BCUT2D eigenvalue weighted by molar-refractivity contribution is 5.93. The predicted octanol–water partition coefficient (Wildman–Crippen LogP) is 3.70. The molecular formula is C18H18O2. The Balaban J connectivity index is 1.94. The number of carbonyl (C=O) groups is 1. The van der Waals surface area contributed by atoms with Gasteiger partial charge in [-0.2, -0.15) is 0 Å².